The molecule has 0 bridgehead atoms. The third-order valence-electron chi connectivity index (χ3n) is 4.88. The lowest BCUT2D eigenvalue weighted by atomic mass is 10.1. The molecule has 0 aliphatic carbocycles. The number of methoxy groups -OCH3 is 2. The van der Waals surface area contributed by atoms with Crippen molar-refractivity contribution in [1.82, 2.24) is 9.88 Å². The predicted molar refractivity (Wildman–Crippen MR) is 101 cm³/mol. The molecule has 1 fully saturated rings. The van der Waals surface area contributed by atoms with Crippen molar-refractivity contribution in [3.8, 4) is 11.5 Å². The van der Waals surface area contributed by atoms with E-state index >= 15 is 0 Å². The summed E-state index contributed by atoms with van der Waals surface area (Å²) in [6, 6.07) is 11.2. The Morgan fingerprint density at radius 2 is 1.85 bits per heavy atom. The maximum atomic E-state index is 12.6. The van der Waals surface area contributed by atoms with Crippen LogP contribution in [0.5, 0.6) is 11.5 Å². The standard InChI is InChI=1S/C21H22N2O4/c1-25-17-8-5-14(11-19(17)26-2)12-20-22-16-7-6-15(13-18(16)27-20)21(24)23-9-3-4-10-23/h5-8,11,13H,3-4,9-10,12H2,1-2H3. The first-order valence-electron chi connectivity index (χ1n) is 9.07. The second kappa shape index (κ2) is 7.31. The minimum absolute atomic E-state index is 0.0623. The van der Waals surface area contributed by atoms with Gasteiger partial charge in [-0.25, -0.2) is 4.98 Å². The fourth-order valence-corrected chi connectivity index (χ4v) is 3.45. The van der Waals surface area contributed by atoms with E-state index in [2.05, 4.69) is 4.98 Å². The molecular formula is C21H22N2O4. The molecule has 1 amide bonds. The van der Waals surface area contributed by atoms with Crippen LogP contribution in [0.25, 0.3) is 11.1 Å². The fraction of sp³-hybridized carbons (Fsp3) is 0.333. The summed E-state index contributed by atoms with van der Waals surface area (Å²) in [5.41, 5.74) is 3.05. The fourth-order valence-electron chi connectivity index (χ4n) is 3.45. The van der Waals surface area contributed by atoms with Crippen molar-refractivity contribution in [3.05, 3.63) is 53.4 Å². The largest absolute Gasteiger partial charge is 0.493 e. The molecule has 0 saturated carbocycles. The molecule has 0 N–H and O–H groups in total. The van der Waals surface area contributed by atoms with Crippen LogP contribution in [0.2, 0.25) is 0 Å². The van der Waals surface area contributed by atoms with Gasteiger partial charge in [0.1, 0.15) is 5.52 Å². The van der Waals surface area contributed by atoms with E-state index in [1.54, 1.807) is 20.3 Å². The highest BCUT2D eigenvalue weighted by Gasteiger charge is 2.20. The minimum atomic E-state index is 0.0623. The number of hydrogen-bond donors (Lipinski definition) is 0. The third-order valence-corrected chi connectivity index (χ3v) is 4.88. The van der Waals surface area contributed by atoms with E-state index in [9.17, 15) is 4.79 Å². The van der Waals surface area contributed by atoms with Gasteiger partial charge >= 0.3 is 0 Å². The van der Waals surface area contributed by atoms with Crippen LogP contribution in [0.4, 0.5) is 0 Å². The van der Waals surface area contributed by atoms with Gasteiger partial charge in [0.25, 0.3) is 5.91 Å². The van der Waals surface area contributed by atoms with E-state index < -0.39 is 0 Å². The van der Waals surface area contributed by atoms with Gasteiger partial charge in [0, 0.05) is 25.1 Å². The molecule has 1 aliphatic heterocycles. The zero-order valence-corrected chi connectivity index (χ0v) is 15.5. The van der Waals surface area contributed by atoms with Crippen LogP contribution in [0, 0.1) is 0 Å². The van der Waals surface area contributed by atoms with Crippen LogP contribution in [0.3, 0.4) is 0 Å². The summed E-state index contributed by atoms with van der Waals surface area (Å²) in [5, 5.41) is 0. The highest BCUT2D eigenvalue weighted by atomic mass is 16.5. The Balaban J connectivity index is 1.57. The molecule has 0 atom stereocenters. The number of aromatic nitrogens is 1. The molecule has 1 aromatic heterocycles. The summed E-state index contributed by atoms with van der Waals surface area (Å²) in [6.07, 6.45) is 2.68. The average Bonchev–Trinajstić information content (AvgIpc) is 3.36. The lowest BCUT2D eigenvalue weighted by Gasteiger charge is -2.14. The second-order valence-electron chi connectivity index (χ2n) is 6.66. The summed E-state index contributed by atoms with van der Waals surface area (Å²) >= 11 is 0. The lowest BCUT2D eigenvalue weighted by Crippen LogP contribution is -2.27. The summed E-state index contributed by atoms with van der Waals surface area (Å²) in [5.74, 6) is 2.02. The number of hydrogen-bond acceptors (Lipinski definition) is 5. The molecule has 3 aromatic rings. The van der Waals surface area contributed by atoms with Gasteiger partial charge < -0.3 is 18.8 Å². The number of carbonyl (C=O) groups excluding carboxylic acids is 1. The molecule has 2 aromatic carbocycles. The van der Waals surface area contributed by atoms with E-state index in [4.69, 9.17) is 13.9 Å². The van der Waals surface area contributed by atoms with Gasteiger partial charge in [0.15, 0.2) is 23.0 Å². The molecule has 2 heterocycles. The third kappa shape index (κ3) is 3.47. The van der Waals surface area contributed by atoms with Crippen molar-refractivity contribution >= 4 is 17.0 Å². The number of carbonyl (C=O) groups is 1. The van der Waals surface area contributed by atoms with Crippen LogP contribution < -0.4 is 9.47 Å². The van der Waals surface area contributed by atoms with E-state index in [0.29, 0.717) is 35.0 Å². The Bertz CT molecular complexity index is 973. The van der Waals surface area contributed by atoms with Gasteiger partial charge in [-0.2, -0.15) is 0 Å². The minimum Gasteiger partial charge on any atom is -0.493 e. The van der Waals surface area contributed by atoms with Crippen LogP contribution in [-0.4, -0.2) is 43.1 Å². The molecule has 0 radical (unpaired) electrons. The normalized spacial score (nSPS) is 13.9. The van der Waals surface area contributed by atoms with E-state index in [-0.39, 0.29) is 5.91 Å². The molecule has 27 heavy (non-hydrogen) atoms. The maximum Gasteiger partial charge on any atom is 0.253 e. The highest BCUT2D eigenvalue weighted by molar-refractivity contribution is 5.97. The molecule has 4 rings (SSSR count). The number of benzene rings is 2. The van der Waals surface area contributed by atoms with Crippen LogP contribution >= 0.6 is 0 Å². The van der Waals surface area contributed by atoms with Gasteiger partial charge in [-0.3, -0.25) is 4.79 Å². The molecular weight excluding hydrogens is 344 g/mol. The SMILES string of the molecule is COc1ccc(Cc2nc3ccc(C(=O)N4CCCC4)cc3o2)cc1OC. The number of nitrogens with zero attached hydrogens (tertiary/aromatic N) is 2. The number of oxazole rings is 1. The molecule has 140 valence electrons. The van der Waals surface area contributed by atoms with Crippen molar-refractivity contribution in [3.63, 3.8) is 0 Å². The Morgan fingerprint density at radius 1 is 1.07 bits per heavy atom. The van der Waals surface area contributed by atoms with Crippen LogP contribution in [0.15, 0.2) is 40.8 Å². The number of amides is 1. The van der Waals surface area contributed by atoms with Gasteiger partial charge in [-0.15, -0.1) is 0 Å². The summed E-state index contributed by atoms with van der Waals surface area (Å²) in [6.45, 7) is 1.66. The van der Waals surface area contributed by atoms with Gasteiger partial charge in [0.05, 0.1) is 14.2 Å². The predicted octanol–water partition coefficient (Wildman–Crippen LogP) is 3.67. The van der Waals surface area contributed by atoms with Crippen molar-refractivity contribution in [1.29, 1.82) is 0 Å². The van der Waals surface area contributed by atoms with Crippen molar-refractivity contribution < 1.29 is 18.7 Å². The highest BCUT2D eigenvalue weighted by Crippen LogP contribution is 2.29. The average molecular weight is 366 g/mol. The Hall–Kier alpha value is -3.02. The van der Waals surface area contributed by atoms with Gasteiger partial charge in [-0.05, 0) is 48.7 Å². The first kappa shape index (κ1) is 17.4. The van der Waals surface area contributed by atoms with Crippen molar-refractivity contribution in [2.24, 2.45) is 0 Å². The molecule has 1 saturated heterocycles. The molecule has 6 heteroatoms. The number of ether oxygens (including phenoxy) is 2. The van der Waals surface area contributed by atoms with E-state index in [1.165, 1.54) is 0 Å². The topological polar surface area (TPSA) is 64.8 Å². The maximum absolute atomic E-state index is 12.6. The second-order valence-corrected chi connectivity index (χ2v) is 6.66. The van der Waals surface area contributed by atoms with E-state index in [1.807, 2.05) is 35.2 Å². The van der Waals surface area contributed by atoms with Gasteiger partial charge in [0.2, 0.25) is 0 Å². The zero-order chi connectivity index (χ0) is 18.8. The molecule has 0 spiro atoms. The van der Waals surface area contributed by atoms with Crippen LogP contribution in [-0.2, 0) is 6.42 Å². The first-order valence-corrected chi connectivity index (χ1v) is 9.07. The molecule has 0 unspecified atom stereocenters. The smallest absolute Gasteiger partial charge is 0.253 e. The monoisotopic (exact) mass is 366 g/mol. The lowest BCUT2D eigenvalue weighted by molar-refractivity contribution is 0.0793. The Morgan fingerprint density at radius 3 is 2.59 bits per heavy atom. The number of rotatable bonds is 5. The summed E-state index contributed by atoms with van der Waals surface area (Å²) < 4.78 is 16.5. The first-order chi connectivity index (χ1) is 13.2. The van der Waals surface area contributed by atoms with Gasteiger partial charge in [-0.1, -0.05) is 6.07 Å². The van der Waals surface area contributed by atoms with Crippen molar-refractivity contribution in [2.75, 3.05) is 27.3 Å². The van der Waals surface area contributed by atoms with Crippen LogP contribution in [0.1, 0.15) is 34.7 Å². The quantitative estimate of drug-likeness (QED) is 0.689. The Labute approximate surface area is 157 Å². The summed E-state index contributed by atoms with van der Waals surface area (Å²) in [4.78, 5) is 19.0. The molecule has 6 nitrogen and oxygen atoms in total. The number of fused-ring (bicyclic) bond motifs is 1. The molecule has 1 aliphatic rings. The Kier molecular flexibility index (Phi) is 4.71. The number of likely N-dealkylation sites (tertiary alicyclic amines) is 1. The van der Waals surface area contributed by atoms with Crippen molar-refractivity contribution in [2.45, 2.75) is 19.3 Å². The summed E-state index contributed by atoms with van der Waals surface area (Å²) in [7, 11) is 3.22. The van der Waals surface area contributed by atoms with E-state index in [0.717, 1.165) is 37.0 Å². The zero-order valence-electron chi connectivity index (χ0n) is 15.5.